The van der Waals surface area contributed by atoms with Crippen LogP contribution in [0.4, 0.5) is 0 Å². The van der Waals surface area contributed by atoms with E-state index in [1.54, 1.807) is 24.1 Å². The van der Waals surface area contributed by atoms with E-state index in [1.165, 1.54) is 4.57 Å². The van der Waals surface area contributed by atoms with Crippen LogP contribution in [0.1, 0.15) is 18.1 Å². The number of hydrogen-bond donors (Lipinski definition) is 1. The summed E-state index contributed by atoms with van der Waals surface area (Å²) in [6, 6.07) is 9.72. The van der Waals surface area contributed by atoms with E-state index in [0.29, 0.717) is 44.8 Å². The third-order valence-corrected chi connectivity index (χ3v) is 5.03. The van der Waals surface area contributed by atoms with Crippen LogP contribution in [0.15, 0.2) is 41.3 Å². The average molecular weight is 719 g/mol. The molecule has 0 saturated carbocycles. The number of carbonyl (C=O) groups excluding carboxylic acids is 1. The van der Waals surface area contributed by atoms with Crippen molar-refractivity contribution in [2.75, 3.05) is 26.2 Å². The van der Waals surface area contributed by atoms with Gasteiger partial charge < -0.3 is 26.3 Å². The Balaban J connectivity index is 0.00000127. The molecule has 0 bridgehead atoms. The topological polar surface area (TPSA) is 65.8 Å². The maximum absolute atomic E-state index is 12.5. The van der Waals surface area contributed by atoms with E-state index >= 15 is 0 Å². The number of nitrogens with zero attached hydrogens (tertiary/aromatic N) is 3. The molecule has 28 heavy (non-hydrogen) atoms. The van der Waals surface area contributed by atoms with Crippen molar-refractivity contribution < 1.29 is 41.0 Å². The van der Waals surface area contributed by atoms with Gasteiger partial charge in [0.15, 0.2) is 5.75 Å². The minimum Gasteiger partial charge on any atom is -0.520 e. The molecule has 6 nitrogen and oxygen atoms in total. The van der Waals surface area contributed by atoms with Crippen molar-refractivity contribution in [2.24, 2.45) is 0 Å². The molecule has 148 valence electrons. The summed E-state index contributed by atoms with van der Waals surface area (Å²) in [6.45, 7) is 8.58. The van der Waals surface area contributed by atoms with E-state index in [0.717, 1.165) is 9.13 Å². The maximum atomic E-state index is 12.5. The number of benzene rings is 1. The van der Waals surface area contributed by atoms with Crippen LogP contribution >= 0.6 is 22.6 Å². The first-order valence-corrected chi connectivity index (χ1v) is 9.86. The summed E-state index contributed by atoms with van der Waals surface area (Å²) in [5, 5.41) is 10.3. The number of amides is 1. The van der Waals surface area contributed by atoms with Gasteiger partial charge in [0.2, 0.25) is 0 Å². The number of aromatic nitrogens is 1. The van der Waals surface area contributed by atoms with Crippen molar-refractivity contribution >= 4 is 29.0 Å². The Bertz CT molecular complexity index is 821. The zero-order valence-corrected chi connectivity index (χ0v) is 22.2. The minimum atomic E-state index is -0.378. The van der Waals surface area contributed by atoms with Crippen molar-refractivity contribution in [1.29, 1.82) is 0 Å². The Morgan fingerprint density at radius 2 is 1.82 bits per heavy atom. The van der Waals surface area contributed by atoms with Gasteiger partial charge in [-0.25, -0.2) is 0 Å². The smallest absolute Gasteiger partial charge is 0.520 e. The molecule has 1 aliphatic heterocycles. The van der Waals surface area contributed by atoms with Crippen molar-refractivity contribution in [2.45, 2.75) is 20.0 Å². The van der Waals surface area contributed by atoms with E-state index in [4.69, 9.17) is 0 Å². The number of halogens is 1. The number of rotatable bonds is 5. The first-order valence-electron chi connectivity index (χ1n) is 8.78. The van der Waals surface area contributed by atoms with E-state index in [1.807, 2.05) is 30.7 Å². The summed E-state index contributed by atoms with van der Waals surface area (Å²) in [6.07, 6.45) is 3.63. The van der Waals surface area contributed by atoms with Crippen molar-refractivity contribution in [3.05, 3.63) is 68.5 Å². The van der Waals surface area contributed by atoms with Crippen molar-refractivity contribution in [3.8, 4) is 5.75 Å². The van der Waals surface area contributed by atoms with Crippen molar-refractivity contribution in [3.63, 3.8) is 0 Å². The van der Waals surface area contributed by atoms with Crippen LogP contribution in [0, 0.1) is 41.6 Å². The van der Waals surface area contributed by atoms with Gasteiger partial charge in [-0.05, 0) is 46.4 Å². The minimum absolute atomic E-state index is 0. The third kappa shape index (κ3) is 6.90. The predicted molar refractivity (Wildman–Crippen MR) is 114 cm³/mol. The van der Waals surface area contributed by atoms with Crippen LogP contribution in [0.25, 0.3) is 0 Å². The van der Waals surface area contributed by atoms with E-state index in [9.17, 15) is 14.7 Å². The molecule has 1 amide bonds. The van der Waals surface area contributed by atoms with Crippen LogP contribution < -0.4 is 5.56 Å². The largest absolute Gasteiger partial charge is 2.00 e. The molecule has 0 radical (unpaired) electrons. The van der Waals surface area contributed by atoms with Gasteiger partial charge in [-0.3, -0.25) is 9.69 Å². The number of hydrogen-bond acceptors (Lipinski definition) is 4. The molecule has 1 aliphatic rings. The van der Waals surface area contributed by atoms with E-state index < -0.39 is 0 Å². The van der Waals surface area contributed by atoms with Gasteiger partial charge in [0, 0.05) is 48.1 Å². The molecule has 1 saturated heterocycles. The molecule has 2 aromatic rings. The van der Waals surface area contributed by atoms with E-state index in [2.05, 4.69) is 34.4 Å². The van der Waals surface area contributed by atoms with Gasteiger partial charge in [0.25, 0.3) is 5.56 Å². The Kier molecular flexibility index (Phi) is 11.4. The van der Waals surface area contributed by atoms with Crippen molar-refractivity contribution in [1.82, 2.24) is 14.4 Å². The van der Waals surface area contributed by atoms with Crippen LogP contribution in [0.2, 0.25) is 0 Å². The van der Waals surface area contributed by atoms with Gasteiger partial charge in [-0.2, -0.15) is 13.3 Å². The molecule has 1 fully saturated rings. The first kappa shape index (κ1) is 25.2. The molecular formula is C20H24IN3O3U. The van der Waals surface area contributed by atoms with Gasteiger partial charge in [-0.1, -0.05) is 12.1 Å². The molecule has 3 rings (SSSR count). The molecule has 2 heterocycles. The normalized spacial score (nSPS) is 13.9. The second kappa shape index (κ2) is 12.7. The number of pyridine rings is 1. The molecule has 1 N–H and O–H groups in total. The molecular weight excluding hydrogens is 695 g/mol. The fraction of sp³-hybridized carbons (Fsp3) is 0.350. The van der Waals surface area contributed by atoms with Crippen LogP contribution in [0.5, 0.6) is 5.75 Å². The van der Waals surface area contributed by atoms with Crippen LogP contribution in [-0.4, -0.2) is 52.1 Å². The Hall–Kier alpha value is -0.818. The van der Waals surface area contributed by atoms with Gasteiger partial charge in [-0.15, -0.1) is 0 Å². The number of aromatic hydroxyl groups is 1. The summed E-state index contributed by atoms with van der Waals surface area (Å²) in [7, 11) is 0. The van der Waals surface area contributed by atoms with Gasteiger partial charge in [0.1, 0.15) is 0 Å². The fourth-order valence-electron chi connectivity index (χ4n) is 2.92. The molecule has 0 aliphatic carbocycles. The Morgan fingerprint density at radius 1 is 1.14 bits per heavy atom. The Morgan fingerprint density at radius 3 is 2.43 bits per heavy atom. The SMILES string of the molecule is O=[C-]N1CCN(Cc2ccn(Cc3cccc(I)c3)c(=O)c2O)CC1.[CH2-]C.[U+2]. The third-order valence-electron chi connectivity index (χ3n) is 4.36. The summed E-state index contributed by atoms with van der Waals surface area (Å²) >= 11 is 2.23. The molecule has 0 spiro atoms. The molecule has 0 atom stereocenters. The Labute approximate surface area is 203 Å². The standard InChI is InChI=1S/C18H19IN3O3.C2H5.U/c19-16-3-1-2-14(10-16)11-22-5-4-15(17(24)18(22)25)12-20-6-8-21(13-23)9-7-20;1-2;/h1-5,10,24H,6-9,11-12H2;1H2,2H3;/q2*-1;+2. The molecule has 1 aromatic heterocycles. The predicted octanol–water partition coefficient (Wildman–Crippen LogP) is 2.23. The van der Waals surface area contributed by atoms with Gasteiger partial charge >= 0.3 is 31.1 Å². The van der Waals surface area contributed by atoms with Gasteiger partial charge in [0.05, 0.1) is 6.54 Å². The van der Waals surface area contributed by atoms with E-state index in [-0.39, 0.29) is 42.4 Å². The summed E-state index contributed by atoms with van der Waals surface area (Å²) in [5.41, 5.74) is 1.26. The zero-order valence-electron chi connectivity index (χ0n) is 15.9. The summed E-state index contributed by atoms with van der Waals surface area (Å²) in [5.74, 6) is -0.197. The zero-order chi connectivity index (χ0) is 19.8. The second-order valence-corrected chi connectivity index (χ2v) is 7.35. The van der Waals surface area contributed by atoms with Crippen LogP contribution in [0.3, 0.4) is 0 Å². The molecule has 0 unspecified atom stereocenters. The number of piperazine rings is 1. The molecule has 1 aromatic carbocycles. The maximum Gasteiger partial charge on any atom is 2.00 e. The fourth-order valence-corrected chi connectivity index (χ4v) is 3.53. The molecule has 8 heteroatoms. The first-order chi connectivity index (χ1) is 13.1. The monoisotopic (exact) mass is 719 g/mol. The second-order valence-electron chi connectivity index (χ2n) is 6.11. The average Bonchev–Trinajstić information content (AvgIpc) is 2.70. The van der Waals surface area contributed by atoms with Crippen LogP contribution in [-0.2, 0) is 17.9 Å². The summed E-state index contributed by atoms with van der Waals surface area (Å²) in [4.78, 5) is 26.8. The summed E-state index contributed by atoms with van der Waals surface area (Å²) < 4.78 is 2.62. The quantitative estimate of drug-likeness (QED) is 0.381.